The number of nitrogens with one attached hydrogen (secondary N) is 1. The van der Waals surface area contributed by atoms with Gasteiger partial charge < -0.3 is 14.6 Å². The van der Waals surface area contributed by atoms with Crippen LogP contribution in [0.25, 0.3) is 10.9 Å². The molecule has 1 aliphatic heterocycles. The van der Waals surface area contributed by atoms with Crippen LogP contribution < -0.4 is 5.43 Å². The Morgan fingerprint density at radius 1 is 1.18 bits per heavy atom. The highest BCUT2D eigenvalue weighted by Gasteiger charge is 2.24. The first kappa shape index (κ1) is 18.9. The first-order valence-electron chi connectivity index (χ1n) is 9.37. The zero-order chi connectivity index (χ0) is 19.5. The van der Waals surface area contributed by atoms with Crippen LogP contribution in [-0.2, 0) is 11.3 Å². The van der Waals surface area contributed by atoms with Gasteiger partial charge in [-0.15, -0.1) is 0 Å². The van der Waals surface area contributed by atoms with Gasteiger partial charge in [0.2, 0.25) is 0 Å². The Morgan fingerprint density at radius 3 is 2.75 bits per heavy atom. The quantitative estimate of drug-likeness (QED) is 0.648. The molecule has 2 heterocycles. The van der Waals surface area contributed by atoms with Crippen molar-refractivity contribution in [3.8, 4) is 0 Å². The first-order chi connectivity index (χ1) is 13.6. The average Bonchev–Trinajstić information content (AvgIpc) is 3.21. The largest absolute Gasteiger partial charge is 0.376 e. The normalized spacial score (nSPS) is 16.4. The summed E-state index contributed by atoms with van der Waals surface area (Å²) in [6.45, 7) is 1.72. The first-order valence-corrected chi connectivity index (χ1v) is 10.2. The molecule has 1 aliphatic rings. The Balaban J connectivity index is 1.66. The number of pyridine rings is 1. The van der Waals surface area contributed by atoms with Gasteiger partial charge in [-0.05, 0) is 36.6 Å². The molecule has 5 nitrogen and oxygen atoms in total. The van der Waals surface area contributed by atoms with Gasteiger partial charge in [0.1, 0.15) is 5.69 Å². The average molecular weight is 441 g/mol. The van der Waals surface area contributed by atoms with Crippen molar-refractivity contribution in [2.45, 2.75) is 25.5 Å². The lowest BCUT2D eigenvalue weighted by molar-refractivity contribution is 0.0503. The standard InChI is InChI=1S/C22H21BrN2O3/c23-16-8-9-19-18(11-16)21(26)12-20(24-19)22(27)25(14-17-7-4-10-28-17)13-15-5-2-1-3-6-15/h1-3,5-6,8-9,11-12,17H,4,7,10,13-14H2,(H,24,26)/t17-/m0/s1. The molecule has 2 aromatic carbocycles. The predicted octanol–water partition coefficient (Wildman–Crippen LogP) is 4.11. The van der Waals surface area contributed by atoms with Gasteiger partial charge in [-0.1, -0.05) is 46.3 Å². The van der Waals surface area contributed by atoms with Gasteiger partial charge in [0, 0.05) is 41.1 Å². The highest BCUT2D eigenvalue weighted by Crippen LogP contribution is 2.19. The number of halogens is 1. The van der Waals surface area contributed by atoms with E-state index in [0.717, 1.165) is 29.5 Å². The Morgan fingerprint density at radius 2 is 2.00 bits per heavy atom. The highest BCUT2D eigenvalue weighted by atomic mass is 79.9. The third-order valence-corrected chi connectivity index (χ3v) is 5.47. The van der Waals surface area contributed by atoms with Gasteiger partial charge in [0.15, 0.2) is 5.43 Å². The smallest absolute Gasteiger partial charge is 0.270 e. The predicted molar refractivity (Wildman–Crippen MR) is 112 cm³/mol. The summed E-state index contributed by atoms with van der Waals surface area (Å²) in [4.78, 5) is 30.7. The zero-order valence-electron chi connectivity index (χ0n) is 15.4. The monoisotopic (exact) mass is 440 g/mol. The maximum Gasteiger partial charge on any atom is 0.270 e. The molecule has 0 spiro atoms. The lowest BCUT2D eigenvalue weighted by Gasteiger charge is -2.25. The summed E-state index contributed by atoms with van der Waals surface area (Å²) in [6, 6.07) is 16.7. The summed E-state index contributed by atoms with van der Waals surface area (Å²) < 4.78 is 6.57. The van der Waals surface area contributed by atoms with Crippen molar-refractivity contribution in [1.29, 1.82) is 0 Å². The maximum atomic E-state index is 13.3. The molecule has 1 aromatic heterocycles. The van der Waals surface area contributed by atoms with E-state index in [1.807, 2.05) is 36.4 Å². The molecule has 28 heavy (non-hydrogen) atoms. The topological polar surface area (TPSA) is 62.4 Å². The molecule has 0 radical (unpaired) electrons. The van der Waals surface area contributed by atoms with Crippen LogP contribution in [-0.4, -0.2) is 35.0 Å². The minimum atomic E-state index is -0.193. The molecule has 144 valence electrons. The van der Waals surface area contributed by atoms with Gasteiger partial charge in [0.05, 0.1) is 6.10 Å². The SMILES string of the molecule is O=C(c1cc(=O)c2cc(Br)ccc2[nH]1)N(Cc1ccccc1)C[C@@H]1CCCO1. The lowest BCUT2D eigenvalue weighted by Crippen LogP contribution is -2.37. The molecule has 1 N–H and O–H groups in total. The second kappa shape index (κ2) is 8.29. The van der Waals surface area contributed by atoms with Crippen LogP contribution in [0.4, 0.5) is 0 Å². The molecule has 1 fully saturated rings. The van der Waals surface area contributed by atoms with Gasteiger partial charge in [-0.25, -0.2) is 0 Å². The summed E-state index contributed by atoms with van der Waals surface area (Å²) in [5.74, 6) is -0.193. The van der Waals surface area contributed by atoms with Crippen molar-refractivity contribution in [1.82, 2.24) is 9.88 Å². The second-order valence-electron chi connectivity index (χ2n) is 7.04. The van der Waals surface area contributed by atoms with Gasteiger partial charge in [-0.2, -0.15) is 0 Å². The molecule has 0 unspecified atom stereocenters. The number of hydrogen-bond donors (Lipinski definition) is 1. The van der Waals surface area contributed by atoms with E-state index in [1.54, 1.807) is 17.0 Å². The number of H-pyrrole nitrogens is 1. The fourth-order valence-electron chi connectivity index (χ4n) is 3.56. The number of fused-ring (bicyclic) bond motifs is 1. The minimum Gasteiger partial charge on any atom is -0.376 e. The number of rotatable bonds is 5. The number of ether oxygens (including phenoxy) is 1. The molecule has 1 atom stereocenters. The maximum absolute atomic E-state index is 13.3. The third kappa shape index (κ3) is 4.18. The van der Waals surface area contributed by atoms with E-state index in [9.17, 15) is 9.59 Å². The molecular formula is C22H21BrN2O3. The van der Waals surface area contributed by atoms with Crippen molar-refractivity contribution < 1.29 is 9.53 Å². The molecule has 6 heteroatoms. The number of carbonyl (C=O) groups is 1. The summed E-state index contributed by atoms with van der Waals surface area (Å²) in [5, 5.41) is 0.555. The molecule has 0 bridgehead atoms. The second-order valence-corrected chi connectivity index (χ2v) is 7.96. The third-order valence-electron chi connectivity index (χ3n) is 4.97. The van der Waals surface area contributed by atoms with Gasteiger partial charge >= 0.3 is 0 Å². The van der Waals surface area contributed by atoms with E-state index < -0.39 is 0 Å². The molecular weight excluding hydrogens is 420 g/mol. The zero-order valence-corrected chi connectivity index (χ0v) is 16.9. The number of amides is 1. The van der Waals surface area contributed by atoms with Crippen molar-refractivity contribution in [2.24, 2.45) is 0 Å². The highest BCUT2D eigenvalue weighted by molar-refractivity contribution is 9.10. The van der Waals surface area contributed by atoms with Gasteiger partial charge in [0.25, 0.3) is 5.91 Å². The number of carbonyl (C=O) groups excluding carboxylic acids is 1. The molecule has 0 aliphatic carbocycles. The van der Waals surface area contributed by atoms with Crippen molar-refractivity contribution in [3.63, 3.8) is 0 Å². The van der Waals surface area contributed by atoms with E-state index in [2.05, 4.69) is 20.9 Å². The van der Waals surface area contributed by atoms with Crippen LogP contribution in [0.15, 0.2) is 63.9 Å². The van der Waals surface area contributed by atoms with Crippen molar-refractivity contribution >= 4 is 32.7 Å². The fraction of sp³-hybridized carbons (Fsp3) is 0.273. The number of benzene rings is 2. The van der Waals surface area contributed by atoms with Crippen LogP contribution in [0.1, 0.15) is 28.9 Å². The number of aromatic nitrogens is 1. The Labute approximate surface area is 171 Å². The molecule has 3 aromatic rings. The van der Waals surface area contributed by atoms with Crippen molar-refractivity contribution in [2.75, 3.05) is 13.2 Å². The number of nitrogens with zero attached hydrogens (tertiary/aromatic N) is 1. The molecule has 4 rings (SSSR count). The van der Waals surface area contributed by atoms with E-state index >= 15 is 0 Å². The number of hydrogen-bond acceptors (Lipinski definition) is 3. The molecule has 1 amide bonds. The van der Waals surface area contributed by atoms with Crippen molar-refractivity contribution in [3.05, 3.63) is 80.6 Å². The summed E-state index contributed by atoms with van der Waals surface area (Å²) in [5.41, 5.74) is 1.82. The minimum absolute atomic E-state index is 0.0378. The van der Waals surface area contributed by atoms with Crippen LogP contribution in [0.2, 0.25) is 0 Å². The van der Waals surface area contributed by atoms with E-state index in [1.165, 1.54) is 6.07 Å². The number of aromatic amines is 1. The molecule has 1 saturated heterocycles. The Hall–Kier alpha value is -2.44. The van der Waals surface area contributed by atoms with E-state index in [-0.39, 0.29) is 17.4 Å². The fourth-order valence-corrected chi connectivity index (χ4v) is 3.92. The van der Waals surface area contributed by atoms with Crippen LogP contribution in [0.5, 0.6) is 0 Å². The Bertz CT molecular complexity index is 1040. The van der Waals surface area contributed by atoms with Gasteiger partial charge in [-0.3, -0.25) is 9.59 Å². The lowest BCUT2D eigenvalue weighted by atomic mass is 10.1. The summed E-state index contributed by atoms with van der Waals surface area (Å²) in [6.07, 6.45) is 2.00. The Kier molecular flexibility index (Phi) is 5.59. The molecule has 0 saturated carbocycles. The van der Waals surface area contributed by atoms with Crippen LogP contribution in [0, 0.1) is 0 Å². The summed E-state index contributed by atoms with van der Waals surface area (Å²) in [7, 11) is 0. The summed E-state index contributed by atoms with van der Waals surface area (Å²) >= 11 is 3.38. The van der Waals surface area contributed by atoms with E-state index in [4.69, 9.17) is 4.74 Å². The van der Waals surface area contributed by atoms with Crippen LogP contribution >= 0.6 is 15.9 Å². The van der Waals surface area contributed by atoms with E-state index in [0.29, 0.717) is 29.7 Å². The van der Waals surface area contributed by atoms with Crippen LogP contribution in [0.3, 0.4) is 0 Å².